The Balaban J connectivity index is 1.71. The molecule has 0 radical (unpaired) electrons. The summed E-state index contributed by atoms with van der Waals surface area (Å²) in [5, 5.41) is 2.84. The molecule has 2 rings (SSSR count). The Morgan fingerprint density at radius 2 is 1.95 bits per heavy atom. The molecule has 0 atom stereocenters. The monoisotopic (exact) mass is 389 g/mol. The van der Waals surface area contributed by atoms with Gasteiger partial charge in [-0.15, -0.1) is 0 Å². The van der Waals surface area contributed by atoms with Crippen LogP contribution in [0.15, 0.2) is 22.7 Å². The fraction of sp³-hybridized carbons (Fsp3) is 0.308. The lowest BCUT2D eigenvalue weighted by Crippen LogP contribution is -2.50. The summed E-state index contributed by atoms with van der Waals surface area (Å²) in [6, 6.07) is 5.00. The summed E-state index contributed by atoms with van der Waals surface area (Å²) in [5.41, 5.74) is 4.09. The SMILES string of the molecule is O=C(COc1ccc(Br)cc1Cl)NNC(=O)C(=O)NC1CC1. The normalized spacial score (nSPS) is 13.2. The summed E-state index contributed by atoms with van der Waals surface area (Å²) >= 11 is 9.17. The number of carbonyl (C=O) groups excluding carboxylic acids is 3. The van der Waals surface area contributed by atoms with Gasteiger partial charge in [0.2, 0.25) is 0 Å². The molecule has 118 valence electrons. The van der Waals surface area contributed by atoms with Gasteiger partial charge in [0.1, 0.15) is 5.75 Å². The predicted octanol–water partition coefficient (Wildman–Crippen LogP) is 0.907. The largest absolute Gasteiger partial charge is 0.482 e. The van der Waals surface area contributed by atoms with E-state index in [9.17, 15) is 14.4 Å². The van der Waals surface area contributed by atoms with Gasteiger partial charge in [0.25, 0.3) is 5.91 Å². The van der Waals surface area contributed by atoms with E-state index in [0.29, 0.717) is 10.8 Å². The van der Waals surface area contributed by atoms with Crippen LogP contribution < -0.4 is 20.9 Å². The zero-order valence-corrected chi connectivity index (χ0v) is 13.7. The van der Waals surface area contributed by atoms with Crippen LogP contribution in [0.5, 0.6) is 5.75 Å². The molecule has 0 aromatic heterocycles. The van der Waals surface area contributed by atoms with Gasteiger partial charge in [-0.05, 0) is 31.0 Å². The average Bonchev–Trinajstić information content (AvgIpc) is 3.27. The molecule has 1 fully saturated rings. The van der Waals surface area contributed by atoms with Crippen molar-refractivity contribution in [2.75, 3.05) is 6.61 Å². The number of carbonyl (C=O) groups is 3. The molecular weight excluding hydrogens is 378 g/mol. The highest BCUT2D eigenvalue weighted by atomic mass is 79.9. The van der Waals surface area contributed by atoms with E-state index >= 15 is 0 Å². The quantitative estimate of drug-likeness (QED) is 0.526. The number of rotatable bonds is 4. The van der Waals surface area contributed by atoms with Gasteiger partial charge in [-0.3, -0.25) is 25.2 Å². The van der Waals surface area contributed by atoms with Gasteiger partial charge in [-0.1, -0.05) is 27.5 Å². The summed E-state index contributed by atoms with van der Waals surface area (Å²) in [7, 11) is 0. The number of nitrogens with one attached hydrogen (secondary N) is 3. The molecule has 9 heteroatoms. The van der Waals surface area contributed by atoms with E-state index in [1.807, 2.05) is 5.43 Å². The Kier molecular flexibility index (Phi) is 5.62. The highest BCUT2D eigenvalue weighted by Gasteiger charge is 2.26. The van der Waals surface area contributed by atoms with Crippen molar-refractivity contribution in [1.82, 2.24) is 16.2 Å². The first-order valence-corrected chi connectivity index (χ1v) is 7.60. The fourth-order valence-corrected chi connectivity index (χ4v) is 2.16. The maximum Gasteiger partial charge on any atom is 0.327 e. The van der Waals surface area contributed by atoms with Crippen LogP contribution in [0.3, 0.4) is 0 Å². The number of hydrazine groups is 1. The molecule has 0 saturated heterocycles. The third-order valence-corrected chi connectivity index (χ3v) is 3.48. The Hall–Kier alpha value is -1.80. The van der Waals surface area contributed by atoms with Crippen LogP contribution >= 0.6 is 27.5 Å². The van der Waals surface area contributed by atoms with Crippen LogP contribution in [-0.4, -0.2) is 30.4 Å². The lowest BCUT2D eigenvalue weighted by atomic mass is 10.3. The topological polar surface area (TPSA) is 96.5 Å². The minimum atomic E-state index is -0.929. The van der Waals surface area contributed by atoms with Crippen LogP contribution in [0.2, 0.25) is 5.02 Å². The summed E-state index contributed by atoms with van der Waals surface area (Å²) in [4.78, 5) is 34.2. The molecule has 0 heterocycles. The van der Waals surface area contributed by atoms with E-state index in [-0.39, 0.29) is 12.6 Å². The van der Waals surface area contributed by atoms with E-state index < -0.39 is 17.7 Å². The molecule has 7 nitrogen and oxygen atoms in total. The number of halogens is 2. The molecule has 3 amide bonds. The second kappa shape index (κ2) is 7.46. The lowest BCUT2D eigenvalue weighted by molar-refractivity contribution is -0.141. The number of ether oxygens (including phenoxy) is 1. The number of amides is 3. The third-order valence-electron chi connectivity index (χ3n) is 2.69. The molecule has 1 aliphatic carbocycles. The van der Waals surface area contributed by atoms with Crippen LogP contribution in [0.4, 0.5) is 0 Å². The molecule has 1 aliphatic rings. The van der Waals surface area contributed by atoms with Gasteiger partial charge in [0, 0.05) is 10.5 Å². The zero-order chi connectivity index (χ0) is 16.1. The predicted molar refractivity (Wildman–Crippen MR) is 82.1 cm³/mol. The summed E-state index contributed by atoms with van der Waals surface area (Å²) in [6.45, 7) is -0.355. The van der Waals surface area contributed by atoms with E-state index in [4.69, 9.17) is 16.3 Å². The van der Waals surface area contributed by atoms with Gasteiger partial charge in [0.15, 0.2) is 6.61 Å². The molecule has 3 N–H and O–H groups in total. The van der Waals surface area contributed by atoms with Crippen molar-refractivity contribution in [3.63, 3.8) is 0 Å². The molecule has 0 aliphatic heterocycles. The third kappa shape index (κ3) is 5.19. The molecule has 1 aromatic carbocycles. The van der Waals surface area contributed by atoms with Gasteiger partial charge in [0.05, 0.1) is 5.02 Å². The Labute approximate surface area is 139 Å². The smallest absolute Gasteiger partial charge is 0.327 e. The molecule has 1 aromatic rings. The first kappa shape index (κ1) is 16.6. The molecule has 0 bridgehead atoms. The lowest BCUT2D eigenvalue weighted by Gasteiger charge is -2.09. The van der Waals surface area contributed by atoms with Crippen molar-refractivity contribution >= 4 is 45.3 Å². The fourth-order valence-electron chi connectivity index (χ4n) is 1.43. The van der Waals surface area contributed by atoms with Crippen LogP contribution in [-0.2, 0) is 14.4 Å². The Morgan fingerprint density at radius 1 is 1.23 bits per heavy atom. The summed E-state index contributed by atoms with van der Waals surface area (Å²) in [5.74, 6) is -1.99. The van der Waals surface area contributed by atoms with Crippen molar-refractivity contribution in [3.8, 4) is 5.75 Å². The van der Waals surface area contributed by atoms with E-state index in [0.717, 1.165) is 17.3 Å². The maximum absolute atomic E-state index is 11.5. The first-order valence-electron chi connectivity index (χ1n) is 6.43. The molecule has 0 unspecified atom stereocenters. The van der Waals surface area contributed by atoms with E-state index in [1.54, 1.807) is 18.2 Å². The van der Waals surface area contributed by atoms with Gasteiger partial charge < -0.3 is 10.1 Å². The first-order chi connectivity index (χ1) is 10.5. The Bertz CT molecular complexity index is 607. The van der Waals surface area contributed by atoms with Crippen molar-refractivity contribution in [2.45, 2.75) is 18.9 Å². The van der Waals surface area contributed by atoms with Crippen LogP contribution in [0, 0.1) is 0 Å². The van der Waals surface area contributed by atoms with Gasteiger partial charge >= 0.3 is 11.8 Å². The van der Waals surface area contributed by atoms with Crippen molar-refractivity contribution < 1.29 is 19.1 Å². The van der Waals surface area contributed by atoms with Crippen LogP contribution in [0.25, 0.3) is 0 Å². The molecular formula is C13H13BrClN3O4. The molecule has 22 heavy (non-hydrogen) atoms. The highest BCUT2D eigenvalue weighted by Crippen LogP contribution is 2.27. The Morgan fingerprint density at radius 3 is 2.59 bits per heavy atom. The standard InChI is InChI=1S/C13H13BrClN3O4/c14-7-1-4-10(9(15)5-7)22-6-11(19)17-18-13(21)12(20)16-8-2-3-8/h1,4-5,8H,2-3,6H2,(H,16,20)(H,17,19)(H,18,21). The second-order valence-electron chi connectivity index (χ2n) is 4.61. The van der Waals surface area contributed by atoms with Gasteiger partial charge in [-0.2, -0.15) is 0 Å². The van der Waals surface area contributed by atoms with Crippen molar-refractivity contribution in [3.05, 3.63) is 27.7 Å². The zero-order valence-electron chi connectivity index (χ0n) is 11.3. The number of hydrogen-bond acceptors (Lipinski definition) is 4. The second-order valence-corrected chi connectivity index (χ2v) is 5.94. The van der Waals surface area contributed by atoms with Crippen molar-refractivity contribution in [2.24, 2.45) is 0 Å². The van der Waals surface area contributed by atoms with Crippen molar-refractivity contribution in [1.29, 1.82) is 0 Å². The van der Waals surface area contributed by atoms with E-state index in [1.165, 1.54) is 0 Å². The number of benzene rings is 1. The molecule has 1 saturated carbocycles. The minimum absolute atomic E-state index is 0.0665. The van der Waals surface area contributed by atoms with Gasteiger partial charge in [-0.25, -0.2) is 0 Å². The summed E-state index contributed by atoms with van der Waals surface area (Å²) < 4.78 is 5.99. The van der Waals surface area contributed by atoms with Crippen LogP contribution in [0.1, 0.15) is 12.8 Å². The van der Waals surface area contributed by atoms with E-state index in [2.05, 4.69) is 26.7 Å². The average molecular weight is 391 g/mol. The maximum atomic E-state index is 11.5. The number of hydrogen-bond donors (Lipinski definition) is 3. The highest BCUT2D eigenvalue weighted by molar-refractivity contribution is 9.10. The minimum Gasteiger partial charge on any atom is -0.482 e. The summed E-state index contributed by atoms with van der Waals surface area (Å²) in [6.07, 6.45) is 1.74. The molecule has 0 spiro atoms.